The van der Waals surface area contributed by atoms with Crippen LogP contribution in [-0.4, -0.2) is 60.4 Å². The normalized spacial score (nSPS) is 23.8. The largest absolute Gasteiger partial charge is 0.340 e. The molecule has 0 aliphatic carbocycles. The van der Waals surface area contributed by atoms with Gasteiger partial charge in [-0.15, -0.1) is 0 Å². The van der Waals surface area contributed by atoms with Crippen molar-refractivity contribution in [2.75, 3.05) is 38.1 Å². The molecule has 0 radical (unpaired) electrons. The van der Waals surface area contributed by atoms with Crippen LogP contribution in [0.2, 0.25) is 0 Å². The van der Waals surface area contributed by atoms with Crippen molar-refractivity contribution in [2.24, 2.45) is 0 Å². The van der Waals surface area contributed by atoms with Crippen LogP contribution in [0.4, 0.5) is 5.69 Å². The minimum Gasteiger partial charge on any atom is -0.340 e. The van der Waals surface area contributed by atoms with E-state index in [9.17, 15) is 9.59 Å². The van der Waals surface area contributed by atoms with Crippen molar-refractivity contribution >= 4 is 28.8 Å². The molecule has 26 heavy (non-hydrogen) atoms. The summed E-state index contributed by atoms with van der Waals surface area (Å²) in [6, 6.07) is 11.9. The molecule has 1 aromatic heterocycles. The number of hydrogen-bond donors (Lipinski definition) is 0. The topological polar surface area (TPSA) is 43.9 Å². The Morgan fingerprint density at radius 3 is 2.73 bits per heavy atom. The maximum Gasteiger partial charge on any atom is 0.241 e. The number of carbonyl (C=O) groups excluding carboxylic acids is 2. The fourth-order valence-electron chi connectivity index (χ4n) is 4.00. The lowest BCUT2D eigenvalue weighted by Crippen LogP contribution is -2.64. The highest BCUT2D eigenvalue weighted by molar-refractivity contribution is 7.08. The SMILES string of the molecule is CN1CC(=O)N(c2ccsc2)C[C@]12CCN(C(=O)Cc1ccccc1)C2. The molecule has 2 amide bonds. The second-order valence-electron chi connectivity index (χ2n) is 7.27. The second kappa shape index (κ2) is 6.85. The van der Waals surface area contributed by atoms with Crippen molar-refractivity contribution in [3.8, 4) is 0 Å². The van der Waals surface area contributed by atoms with Crippen molar-refractivity contribution in [1.82, 2.24) is 9.80 Å². The third-order valence-electron chi connectivity index (χ3n) is 5.64. The molecule has 0 unspecified atom stereocenters. The number of nitrogens with zero attached hydrogens (tertiary/aromatic N) is 3. The zero-order valence-corrected chi connectivity index (χ0v) is 15.7. The number of likely N-dealkylation sites (tertiary alicyclic amines) is 1. The van der Waals surface area contributed by atoms with Crippen molar-refractivity contribution in [1.29, 1.82) is 0 Å². The highest BCUT2D eigenvalue weighted by Crippen LogP contribution is 2.34. The zero-order valence-electron chi connectivity index (χ0n) is 14.9. The summed E-state index contributed by atoms with van der Waals surface area (Å²) in [6.07, 6.45) is 1.34. The highest BCUT2D eigenvalue weighted by Gasteiger charge is 2.48. The van der Waals surface area contributed by atoms with Crippen molar-refractivity contribution in [3.05, 3.63) is 52.7 Å². The van der Waals surface area contributed by atoms with Gasteiger partial charge in [0.25, 0.3) is 0 Å². The van der Waals surface area contributed by atoms with Crippen LogP contribution in [0.5, 0.6) is 0 Å². The molecule has 4 rings (SSSR count). The van der Waals surface area contributed by atoms with Gasteiger partial charge in [-0.2, -0.15) is 11.3 Å². The number of likely N-dealkylation sites (N-methyl/N-ethyl adjacent to an activating group) is 1. The lowest BCUT2D eigenvalue weighted by atomic mass is 9.93. The molecule has 0 saturated carbocycles. The summed E-state index contributed by atoms with van der Waals surface area (Å²) in [5, 5.41) is 4.02. The molecule has 0 bridgehead atoms. The van der Waals surface area contributed by atoms with Crippen LogP contribution in [0, 0.1) is 0 Å². The average molecular weight is 369 g/mol. The number of amides is 2. The number of rotatable bonds is 3. The fraction of sp³-hybridized carbons (Fsp3) is 0.400. The fourth-order valence-corrected chi connectivity index (χ4v) is 4.64. The van der Waals surface area contributed by atoms with Crippen LogP contribution in [0.25, 0.3) is 0 Å². The van der Waals surface area contributed by atoms with Crippen LogP contribution < -0.4 is 4.90 Å². The Kier molecular flexibility index (Phi) is 4.54. The van der Waals surface area contributed by atoms with Gasteiger partial charge in [0.1, 0.15) is 0 Å². The summed E-state index contributed by atoms with van der Waals surface area (Å²) < 4.78 is 0. The molecule has 2 aliphatic heterocycles. The van der Waals surface area contributed by atoms with Crippen molar-refractivity contribution < 1.29 is 9.59 Å². The van der Waals surface area contributed by atoms with E-state index in [0.717, 1.165) is 24.2 Å². The lowest BCUT2D eigenvalue weighted by Gasteiger charge is -2.46. The quantitative estimate of drug-likeness (QED) is 0.833. The van der Waals surface area contributed by atoms with E-state index in [2.05, 4.69) is 4.90 Å². The zero-order chi connectivity index (χ0) is 18.1. The predicted molar refractivity (Wildman–Crippen MR) is 103 cm³/mol. The molecule has 2 aliphatic rings. The van der Waals surface area contributed by atoms with Gasteiger partial charge in [0.05, 0.1) is 24.2 Å². The first-order chi connectivity index (χ1) is 12.6. The molecule has 3 heterocycles. The lowest BCUT2D eigenvalue weighted by molar-refractivity contribution is -0.130. The molecule has 2 fully saturated rings. The Hall–Kier alpha value is -2.18. The number of hydrogen-bond acceptors (Lipinski definition) is 4. The van der Waals surface area contributed by atoms with E-state index in [1.165, 1.54) is 0 Å². The van der Waals surface area contributed by atoms with E-state index < -0.39 is 0 Å². The molecular formula is C20H23N3O2S. The predicted octanol–water partition coefficient (Wildman–Crippen LogP) is 2.24. The number of benzene rings is 1. The molecule has 5 nitrogen and oxygen atoms in total. The van der Waals surface area contributed by atoms with E-state index in [1.54, 1.807) is 11.3 Å². The minimum absolute atomic E-state index is 0.130. The molecule has 0 N–H and O–H groups in total. The van der Waals surface area contributed by atoms with E-state index in [1.807, 2.05) is 64.0 Å². The molecule has 2 aromatic rings. The van der Waals surface area contributed by atoms with Gasteiger partial charge in [-0.05, 0) is 30.5 Å². The standard InChI is InChI=1S/C20H23N3O2S/c1-21-12-19(25)23(17-7-10-26-13-17)15-20(21)8-9-22(14-20)18(24)11-16-5-3-2-4-6-16/h2-7,10,13H,8-9,11-12,14-15H2,1H3/t20-/m1/s1. The second-order valence-corrected chi connectivity index (χ2v) is 8.05. The molecule has 1 aromatic carbocycles. The Labute approximate surface area is 157 Å². The van der Waals surface area contributed by atoms with Gasteiger partial charge in [-0.25, -0.2) is 0 Å². The smallest absolute Gasteiger partial charge is 0.241 e. The van der Waals surface area contributed by atoms with Crippen LogP contribution in [0.15, 0.2) is 47.2 Å². The van der Waals surface area contributed by atoms with Gasteiger partial charge in [0.15, 0.2) is 0 Å². The van der Waals surface area contributed by atoms with E-state index in [0.29, 0.717) is 26.1 Å². The van der Waals surface area contributed by atoms with Crippen LogP contribution in [0.3, 0.4) is 0 Å². The van der Waals surface area contributed by atoms with Gasteiger partial charge < -0.3 is 9.80 Å². The maximum absolute atomic E-state index is 12.8. The number of anilines is 1. The number of piperazine rings is 1. The number of thiophene rings is 1. The molecule has 1 atom stereocenters. The van der Waals surface area contributed by atoms with Gasteiger partial charge in [0.2, 0.25) is 11.8 Å². The third-order valence-corrected chi connectivity index (χ3v) is 6.31. The van der Waals surface area contributed by atoms with Gasteiger partial charge in [-0.1, -0.05) is 30.3 Å². The maximum atomic E-state index is 12.8. The highest BCUT2D eigenvalue weighted by atomic mass is 32.1. The number of carbonyl (C=O) groups is 2. The first-order valence-corrected chi connectivity index (χ1v) is 9.87. The molecule has 2 saturated heterocycles. The van der Waals surface area contributed by atoms with Crippen molar-refractivity contribution in [2.45, 2.75) is 18.4 Å². The summed E-state index contributed by atoms with van der Waals surface area (Å²) in [5.74, 6) is 0.297. The first kappa shape index (κ1) is 17.2. The minimum atomic E-state index is -0.151. The Bertz CT molecular complexity index is 793. The molecule has 1 spiro atoms. The summed E-state index contributed by atoms with van der Waals surface area (Å²) in [7, 11) is 2.01. The molecule has 136 valence electrons. The molecular weight excluding hydrogens is 346 g/mol. The summed E-state index contributed by atoms with van der Waals surface area (Å²) >= 11 is 1.60. The summed E-state index contributed by atoms with van der Waals surface area (Å²) in [4.78, 5) is 31.3. The van der Waals surface area contributed by atoms with Gasteiger partial charge in [0, 0.05) is 25.0 Å². The molecule has 6 heteroatoms. The summed E-state index contributed by atoms with van der Waals surface area (Å²) in [5.41, 5.74) is 1.87. The van der Waals surface area contributed by atoms with E-state index in [4.69, 9.17) is 0 Å². The Morgan fingerprint density at radius 1 is 1.19 bits per heavy atom. The van der Waals surface area contributed by atoms with Gasteiger partial charge in [-0.3, -0.25) is 14.5 Å². The van der Waals surface area contributed by atoms with Gasteiger partial charge >= 0.3 is 0 Å². The summed E-state index contributed by atoms with van der Waals surface area (Å²) in [6.45, 7) is 2.48. The van der Waals surface area contributed by atoms with Crippen LogP contribution >= 0.6 is 11.3 Å². The average Bonchev–Trinajstić information content (AvgIpc) is 3.30. The monoisotopic (exact) mass is 369 g/mol. The third kappa shape index (κ3) is 3.15. The van der Waals surface area contributed by atoms with Crippen molar-refractivity contribution in [3.63, 3.8) is 0 Å². The Morgan fingerprint density at radius 2 is 2.00 bits per heavy atom. The first-order valence-electron chi connectivity index (χ1n) is 8.93. The van der Waals surface area contributed by atoms with E-state index >= 15 is 0 Å². The Balaban J connectivity index is 1.48. The van der Waals surface area contributed by atoms with E-state index in [-0.39, 0.29) is 17.4 Å². The van der Waals surface area contributed by atoms with Crippen LogP contribution in [0.1, 0.15) is 12.0 Å². The van der Waals surface area contributed by atoms with Crippen LogP contribution in [-0.2, 0) is 16.0 Å².